The number of thiophene rings is 1. The van der Waals surface area contributed by atoms with Crippen LogP contribution in [-0.4, -0.2) is 15.7 Å². The van der Waals surface area contributed by atoms with E-state index in [-0.39, 0.29) is 11.5 Å². The van der Waals surface area contributed by atoms with Gasteiger partial charge < -0.3 is 4.98 Å². The average Bonchev–Trinajstić information content (AvgIpc) is 3.01. The Hall–Kier alpha value is -2.47. The normalized spacial score (nSPS) is 11.0. The maximum Gasteiger partial charge on any atom is 0.270 e. The van der Waals surface area contributed by atoms with Crippen LogP contribution in [0.4, 0.5) is 5.69 Å². The van der Waals surface area contributed by atoms with Gasteiger partial charge in [-0.05, 0) is 31.5 Å². The second-order valence-corrected chi connectivity index (χ2v) is 6.12. The van der Waals surface area contributed by atoms with E-state index in [9.17, 15) is 14.9 Å². The fourth-order valence-electron chi connectivity index (χ4n) is 2.23. The van der Waals surface area contributed by atoms with E-state index >= 15 is 0 Å². The minimum Gasteiger partial charge on any atom is -0.360 e. The molecule has 2 heterocycles. The number of aromatic nitrogens is 1. The molecule has 0 aliphatic carbocycles. The van der Waals surface area contributed by atoms with Gasteiger partial charge in [0.2, 0.25) is 5.78 Å². The Kier molecular flexibility index (Phi) is 3.10. The number of nitrogens with one attached hydrogen (secondary N) is 1. The molecule has 0 unspecified atom stereocenters. The van der Waals surface area contributed by atoms with Gasteiger partial charge in [0.25, 0.3) is 5.69 Å². The molecular formula is C15H12N2O3S. The number of ketones is 1. The number of fused-ring (bicyclic) bond motifs is 1. The molecule has 0 fully saturated rings. The molecule has 0 saturated heterocycles. The molecule has 2 aromatic heterocycles. The van der Waals surface area contributed by atoms with Crippen molar-refractivity contribution < 1.29 is 9.72 Å². The van der Waals surface area contributed by atoms with E-state index < -0.39 is 4.92 Å². The third-order valence-electron chi connectivity index (χ3n) is 3.51. The van der Waals surface area contributed by atoms with Crippen LogP contribution >= 0.6 is 11.3 Å². The third-order valence-corrected chi connectivity index (χ3v) is 4.66. The number of nitro benzene ring substituents is 1. The number of aryl methyl sites for hydroxylation is 2. The highest BCUT2D eigenvalue weighted by Gasteiger charge is 2.18. The fraction of sp³-hybridized carbons (Fsp3) is 0.133. The number of carbonyl (C=O) groups excluding carboxylic acids is 1. The van der Waals surface area contributed by atoms with E-state index in [4.69, 9.17) is 0 Å². The smallest absolute Gasteiger partial charge is 0.270 e. The van der Waals surface area contributed by atoms with Crippen molar-refractivity contribution in [1.29, 1.82) is 0 Å². The van der Waals surface area contributed by atoms with Crippen molar-refractivity contribution in [2.75, 3.05) is 0 Å². The lowest BCUT2D eigenvalue weighted by Gasteiger charge is -1.97. The van der Waals surface area contributed by atoms with E-state index in [2.05, 4.69) is 4.98 Å². The van der Waals surface area contributed by atoms with Crippen molar-refractivity contribution in [3.63, 3.8) is 0 Å². The van der Waals surface area contributed by atoms with Gasteiger partial charge in [0, 0.05) is 39.7 Å². The first-order valence-corrected chi connectivity index (χ1v) is 7.16. The number of nitro groups is 1. The predicted molar refractivity (Wildman–Crippen MR) is 82.2 cm³/mol. The quantitative estimate of drug-likeness (QED) is 0.451. The van der Waals surface area contributed by atoms with Crippen LogP contribution in [0.3, 0.4) is 0 Å². The average molecular weight is 300 g/mol. The lowest BCUT2D eigenvalue weighted by molar-refractivity contribution is -0.384. The zero-order chi connectivity index (χ0) is 15.1. The lowest BCUT2D eigenvalue weighted by atomic mass is 10.1. The van der Waals surface area contributed by atoms with Gasteiger partial charge in [-0.3, -0.25) is 14.9 Å². The molecule has 0 spiro atoms. The Bertz CT molecular complexity index is 857. The molecule has 6 heteroatoms. The van der Waals surface area contributed by atoms with Gasteiger partial charge in [0.05, 0.1) is 9.80 Å². The van der Waals surface area contributed by atoms with Crippen LogP contribution in [-0.2, 0) is 0 Å². The van der Waals surface area contributed by atoms with Gasteiger partial charge in [0.1, 0.15) is 0 Å². The Labute approximate surface area is 124 Å². The van der Waals surface area contributed by atoms with Crippen molar-refractivity contribution in [3.05, 3.63) is 61.5 Å². The minimum atomic E-state index is -0.458. The maximum atomic E-state index is 12.6. The highest BCUT2D eigenvalue weighted by atomic mass is 32.1. The number of hydrogen-bond acceptors (Lipinski definition) is 4. The summed E-state index contributed by atoms with van der Waals surface area (Å²) in [5.41, 5.74) is 2.24. The molecule has 106 valence electrons. The molecule has 0 aliphatic rings. The number of non-ortho nitro benzene ring substituents is 1. The van der Waals surface area contributed by atoms with Crippen LogP contribution in [0.1, 0.15) is 25.7 Å². The van der Waals surface area contributed by atoms with Crippen LogP contribution in [0, 0.1) is 24.0 Å². The Morgan fingerprint density at radius 1 is 1.29 bits per heavy atom. The number of hydrogen-bond donors (Lipinski definition) is 1. The zero-order valence-electron chi connectivity index (χ0n) is 11.5. The summed E-state index contributed by atoms with van der Waals surface area (Å²) in [6.45, 7) is 3.93. The number of aromatic amines is 1. The van der Waals surface area contributed by atoms with Gasteiger partial charge in [-0.15, -0.1) is 11.3 Å². The van der Waals surface area contributed by atoms with Crippen LogP contribution in [0.25, 0.3) is 10.9 Å². The van der Waals surface area contributed by atoms with Crippen molar-refractivity contribution in [3.8, 4) is 0 Å². The molecule has 0 radical (unpaired) electrons. The first-order chi connectivity index (χ1) is 9.97. The Morgan fingerprint density at radius 3 is 2.67 bits per heavy atom. The summed E-state index contributed by atoms with van der Waals surface area (Å²) >= 11 is 1.44. The van der Waals surface area contributed by atoms with E-state index in [1.165, 1.54) is 23.5 Å². The molecule has 1 aromatic carbocycles. The molecule has 3 aromatic rings. The number of nitrogens with zero attached hydrogens (tertiary/aromatic N) is 1. The van der Waals surface area contributed by atoms with Crippen molar-refractivity contribution in [1.82, 2.24) is 4.98 Å². The molecular weight excluding hydrogens is 288 g/mol. The first-order valence-electron chi connectivity index (χ1n) is 6.34. The van der Waals surface area contributed by atoms with Gasteiger partial charge in [-0.2, -0.15) is 0 Å². The Balaban J connectivity index is 2.13. The summed E-state index contributed by atoms with van der Waals surface area (Å²) in [7, 11) is 0. The number of carbonyl (C=O) groups is 1. The molecule has 0 bridgehead atoms. The summed E-state index contributed by atoms with van der Waals surface area (Å²) in [4.78, 5) is 27.7. The molecule has 1 N–H and O–H groups in total. The molecule has 0 atom stereocenters. The number of benzene rings is 1. The number of H-pyrrole nitrogens is 1. The van der Waals surface area contributed by atoms with E-state index in [1.54, 1.807) is 12.3 Å². The topological polar surface area (TPSA) is 76.0 Å². The minimum absolute atomic E-state index is 0.0188. The van der Waals surface area contributed by atoms with Crippen molar-refractivity contribution in [2.24, 2.45) is 0 Å². The monoisotopic (exact) mass is 300 g/mol. The summed E-state index contributed by atoms with van der Waals surface area (Å²) in [5, 5.41) is 11.5. The highest BCUT2D eigenvalue weighted by molar-refractivity contribution is 7.14. The number of rotatable bonds is 3. The SMILES string of the molecule is Cc1cc(C(=O)c2c[nH]c3ccc([N+](=O)[O-])cc23)sc1C. The van der Waals surface area contributed by atoms with Crippen LogP contribution in [0.15, 0.2) is 30.5 Å². The van der Waals surface area contributed by atoms with Crippen LogP contribution in [0.2, 0.25) is 0 Å². The standard InChI is InChI=1S/C15H12N2O3S/c1-8-5-14(21-9(8)2)15(18)12-7-16-13-4-3-10(17(19)20)6-11(12)13/h3-7,16H,1-2H3. The highest BCUT2D eigenvalue weighted by Crippen LogP contribution is 2.28. The van der Waals surface area contributed by atoms with E-state index in [0.717, 1.165) is 10.4 Å². The maximum absolute atomic E-state index is 12.6. The Morgan fingerprint density at radius 2 is 2.05 bits per heavy atom. The van der Waals surface area contributed by atoms with Crippen molar-refractivity contribution >= 4 is 33.7 Å². The summed E-state index contributed by atoms with van der Waals surface area (Å²) < 4.78 is 0. The van der Waals surface area contributed by atoms with Gasteiger partial charge in [-0.1, -0.05) is 0 Å². The fourth-order valence-corrected chi connectivity index (χ4v) is 3.22. The summed E-state index contributed by atoms with van der Waals surface area (Å²) in [5.74, 6) is -0.108. The van der Waals surface area contributed by atoms with Crippen LogP contribution < -0.4 is 0 Å². The predicted octanol–water partition coefficient (Wildman–Crippen LogP) is 3.99. The molecule has 3 rings (SSSR count). The molecule has 5 nitrogen and oxygen atoms in total. The second-order valence-electron chi connectivity index (χ2n) is 4.87. The van der Waals surface area contributed by atoms with E-state index in [1.807, 2.05) is 19.9 Å². The lowest BCUT2D eigenvalue weighted by Crippen LogP contribution is -1.97. The third kappa shape index (κ3) is 2.23. The molecule has 0 aliphatic heterocycles. The second kappa shape index (κ2) is 4.82. The summed E-state index contributed by atoms with van der Waals surface area (Å²) in [6, 6.07) is 6.34. The van der Waals surface area contributed by atoms with Crippen LogP contribution in [0.5, 0.6) is 0 Å². The van der Waals surface area contributed by atoms with Gasteiger partial charge >= 0.3 is 0 Å². The molecule has 0 amide bonds. The zero-order valence-corrected chi connectivity index (χ0v) is 12.3. The molecule has 0 saturated carbocycles. The van der Waals surface area contributed by atoms with Crippen molar-refractivity contribution in [2.45, 2.75) is 13.8 Å². The molecule has 21 heavy (non-hydrogen) atoms. The summed E-state index contributed by atoms with van der Waals surface area (Å²) in [6.07, 6.45) is 1.61. The van der Waals surface area contributed by atoms with Gasteiger partial charge in [-0.25, -0.2) is 0 Å². The van der Waals surface area contributed by atoms with E-state index in [0.29, 0.717) is 21.3 Å². The van der Waals surface area contributed by atoms with Gasteiger partial charge in [0.15, 0.2) is 0 Å². The largest absolute Gasteiger partial charge is 0.360 e. The first kappa shape index (κ1) is 13.5.